The van der Waals surface area contributed by atoms with E-state index in [9.17, 15) is 4.79 Å². The number of piperidine rings is 1. The average molecular weight is 304 g/mol. The van der Waals surface area contributed by atoms with Crippen LogP contribution in [0.4, 0.5) is 5.69 Å². The van der Waals surface area contributed by atoms with Crippen molar-refractivity contribution in [3.8, 4) is 0 Å². The number of anilines is 1. The molecule has 0 unspecified atom stereocenters. The Morgan fingerprint density at radius 2 is 2.19 bits per heavy atom. The molecule has 0 aliphatic carbocycles. The third-order valence-electron chi connectivity index (χ3n) is 3.71. The molecule has 0 saturated carbocycles. The van der Waals surface area contributed by atoms with Gasteiger partial charge >= 0.3 is 0 Å². The number of hydrogen-bond acceptors (Lipinski definition) is 4. The Labute approximate surface area is 128 Å². The molecule has 1 aromatic carbocycles. The third-order valence-corrected chi connectivity index (χ3v) is 4.60. The van der Waals surface area contributed by atoms with Crippen molar-refractivity contribution in [2.24, 2.45) is 0 Å². The fourth-order valence-corrected chi connectivity index (χ4v) is 3.32. The van der Waals surface area contributed by atoms with Gasteiger partial charge in [0.15, 0.2) is 0 Å². The predicted molar refractivity (Wildman–Crippen MR) is 86.9 cm³/mol. The number of hydrogen-bond donors (Lipinski definition) is 2. The molecule has 0 bridgehead atoms. The minimum Gasteiger partial charge on any atom is -0.378 e. The lowest BCUT2D eigenvalue weighted by molar-refractivity contribution is -0.117. The molecule has 2 N–H and O–H groups in total. The second kappa shape index (κ2) is 7.02. The first kappa shape index (κ1) is 14.5. The molecule has 5 heteroatoms. The molecule has 0 radical (unpaired) electrons. The Morgan fingerprint density at radius 3 is 3.05 bits per heavy atom. The van der Waals surface area contributed by atoms with Crippen molar-refractivity contribution < 1.29 is 9.53 Å². The zero-order valence-electron chi connectivity index (χ0n) is 11.9. The van der Waals surface area contributed by atoms with Crippen molar-refractivity contribution in [3.05, 3.63) is 29.6 Å². The van der Waals surface area contributed by atoms with Crippen LogP contribution in [0.3, 0.4) is 0 Å². The van der Waals surface area contributed by atoms with E-state index in [2.05, 4.69) is 22.1 Å². The Balaban J connectivity index is 1.44. The van der Waals surface area contributed by atoms with Crippen LogP contribution in [0.1, 0.15) is 19.3 Å². The predicted octanol–water partition coefficient (Wildman–Crippen LogP) is 3.00. The summed E-state index contributed by atoms with van der Waals surface area (Å²) in [6, 6.07) is 8.07. The molecule has 3 rings (SSSR count). The van der Waals surface area contributed by atoms with Crippen LogP contribution in [-0.2, 0) is 9.53 Å². The maximum atomic E-state index is 11.9. The molecule has 2 aromatic rings. The molecule has 21 heavy (non-hydrogen) atoms. The van der Waals surface area contributed by atoms with Gasteiger partial charge in [0, 0.05) is 10.4 Å². The number of carbonyl (C=O) groups is 1. The van der Waals surface area contributed by atoms with Gasteiger partial charge in [-0.25, -0.2) is 0 Å². The molecule has 1 aromatic heterocycles. The number of nitrogens with one attached hydrogen (secondary N) is 2. The quantitative estimate of drug-likeness (QED) is 0.893. The summed E-state index contributed by atoms with van der Waals surface area (Å²) < 4.78 is 6.99. The number of thiophene rings is 1. The monoisotopic (exact) mass is 304 g/mol. The van der Waals surface area contributed by atoms with Crippen molar-refractivity contribution in [1.29, 1.82) is 0 Å². The normalized spacial score (nSPS) is 16.2. The molecular weight excluding hydrogens is 284 g/mol. The second-order valence-corrected chi connectivity index (χ2v) is 6.24. The molecule has 2 heterocycles. The fraction of sp³-hybridized carbons (Fsp3) is 0.438. The van der Waals surface area contributed by atoms with E-state index < -0.39 is 0 Å². The Hall–Kier alpha value is -1.43. The van der Waals surface area contributed by atoms with Crippen LogP contribution in [-0.4, -0.2) is 31.7 Å². The summed E-state index contributed by atoms with van der Waals surface area (Å²) >= 11 is 1.71. The minimum atomic E-state index is 0.0125. The van der Waals surface area contributed by atoms with E-state index in [-0.39, 0.29) is 5.91 Å². The Morgan fingerprint density at radius 1 is 1.33 bits per heavy atom. The number of amides is 1. The van der Waals surface area contributed by atoms with Gasteiger partial charge in [0.25, 0.3) is 0 Å². The lowest BCUT2D eigenvalue weighted by atomic mass is 10.1. The van der Waals surface area contributed by atoms with Gasteiger partial charge in [0.05, 0.1) is 19.1 Å². The van der Waals surface area contributed by atoms with Crippen molar-refractivity contribution in [3.63, 3.8) is 0 Å². The van der Waals surface area contributed by atoms with E-state index >= 15 is 0 Å². The van der Waals surface area contributed by atoms with E-state index in [4.69, 9.17) is 4.74 Å². The molecular formula is C16H20N2O2S. The molecule has 112 valence electrons. The molecule has 0 atom stereocenters. The first-order valence-electron chi connectivity index (χ1n) is 7.41. The highest BCUT2D eigenvalue weighted by atomic mass is 32.1. The molecule has 1 amide bonds. The first-order chi connectivity index (χ1) is 10.3. The largest absolute Gasteiger partial charge is 0.378 e. The van der Waals surface area contributed by atoms with E-state index in [1.54, 1.807) is 11.3 Å². The van der Waals surface area contributed by atoms with Gasteiger partial charge < -0.3 is 15.4 Å². The summed E-state index contributed by atoms with van der Waals surface area (Å²) in [5.41, 5.74) is 0.854. The highest BCUT2D eigenvalue weighted by Gasteiger charge is 2.13. The van der Waals surface area contributed by atoms with Crippen LogP contribution in [0, 0.1) is 0 Å². The average Bonchev–Trinajstić information content (AvgIpc) is 2.96. The van der Waals surface area contributed by atoms with Crippen LogP contribution in [0.15, 0.2) is 29.6 Å². The van der Waals surface area contributed by atoms with Gasteiger partial charge in [-0.15, -0.1) is 11.3 Å². The smallest absolute Gasteiger partial charge is 0.226 e. The molecule has 4 nitrogen and oxygen atoms in total. The molecule has 1 aliphatic heterocycles. The number of carbonyl (C=O) groups excluding carboxylic acids is 1. The second-order valence-electron chi connectivity index (χ2n) is 5.29. The topological polar surface area (TPSA) is 50.4 Å². The van der Waals surface area contributed by atoms with E-state index in [1.807, 2.05) is 18.2 Å². The number of benzene rings is 1. The Bertz CT molecular complexity index is 605. The van der Waals surface area contributed by atoms with Crippen LogP contribution in [0.25, 0.3) is 10.1 Å². The van der Waals surface area contributed by atoms with Crippen molar-refractivity contribution in [2.45, 2.75) is 25.4 Å². The van der Waals surface area contributed by atoms with Gasteiger partial charge in [0.1, 0.15) is 0 Å². The highest BCUT2D eigenvalue weighted by Crippen LogP contribution is 2.24. The van der Waals surface area contributed by atoms with Crippen LogP contribution in [0.2, 0.25) is 0 Å². The van der Waals surface area contributed by atoms with Crippen LogP contribution < -0.4 is 10.6 Å². The summed E-state index contributed by atoms with van der Waals surface area (Å²) in [6.07, 6.45) is 2.79. The number of ether oxygens (including phenoxy) is 1. The molecule has 1 aliphatic rings. The number of fused-ring (bicyclic) bond motifs is 1. The SMILES string of the molecule is O=C(CCOC1CCNCC1)Nc1ccc2sccc2c1. The minimum absolute atomic E-state index is 0.0125. The fourth-order valence-electron chi connectivity index (χ4n) is 2.55. The van der Waals surface area contributed by atoms with Crippen LogP contribution >= 0.6 is 11.3 Å². The first-order valence-corrected chi connectivity index (χ1v) is 8.29. The lowest BCUT2D eigenvalue weighted by Crippen LogP contribution is -2.33. The molecule has 1 saturated heterocycles. The standard InChI is InChI=1S/C16H20N2O2S/c19-16(5-9-20-14-3-7-17-8-4-14)18-13-1-2-15-12(11-13)6-10-21-15/h1-2,6,10-11,14,17H,3-5,7-9H2,(H,18,19). The third kappa shape index (κ3) is 4.03. The lowest BCUT2D eigenvalue weighted by Gasteiger charge is -2.22. The van der Waals surface area contributed by atoms with Crippen LogP contribution in [0.5, 0.6) is 0 Å². The van der Waals surface area contributed by atoms with Crippen molar-refractivity contribution >= 4 is 33.0 Å². The molecule has 1 fully saturated rings. The van der Waals surface area contributed by atoms with E-state index in [0.29, 0.717) is 19.1 Å². The number of rotatable bonds is 5. The maximum absolute atomic E-state index is 11.9. The van der Waals surface area contributed by atoms with Crippen molar-refractivity contribution in [1.82, 2.24) is 5.32 Å². The zero-order valence-corrected chi connectivity index (χ0v) is 12.7. The van der Waals surface area contributed by atoms with Gasteiger partial charge in [-0.3, -0.25) is 4.79 Å². The summed E-state index contributed by atoms with van der Waals surface area (Å²) in [7, 11) is 0. The van der Waals surface area contributed by atoms with Gasteiger partial charge in [0.2, 0.25) is 5.91 Å². The molecule has 0 spiro atoms. The van der Waals surface area contributed by atoms with Gasteiger partial charge in [-0.1, -0.05) is 0 Å². The van der Waals surface area contributed by atoms with Crippen molar-refractivity contribution in [2.75, 3.05) is 25.0 Å². The van der Waals surface area contributed by atoms with E-state index in [0.717, 1.165) is 31.6 Å². The van der Waals surface area contributed by atoms with E-state index in [1.165, 1.54) is 10.1 Å². The summed E-state index contributed by atoms with van der Waals surface area (Å²) in [5.74, 6) is 0.0125. The zero-order chi connectivity index (χ0) is 14.5. The Kier molecular flexibility index (Phi) is 4.85. The van der Waals surface area contributed by atoms with Gasteiger partial charge in [-0.2, -0.15) is 0 Å². The summed E-state index contributed by atoms with van der Waals surface area (Å²) in [5, 5.41) is 9.46. The van der Waals surface area contributed by atoms with Gasteiger partial charge in [-0.05, 0) is 61.0 Å². The summed E-state index contributed by atoms with van der Waals surface area (Å²) in [6.45, 7) is 2.52. The maximum Gasteiger partial charge on any atom is 0.226 e. The highest BCUT2D eigenvalue weighted by molar-refractivity contribution is 7.17. The summed E-state index contributed by atoms with van der Waals surface area (Å²) in [4.78, 5) is 11.9.